The van der Waals surface area contributed by atoms with Gasteiger partial charge in [-0.05, 0) is 35.5 Å². The Balaban J connectivity index is 1.50. The highest BCUT2D eigenvalue weighted by atomic mass is 32.2. The lowest BCUT2D eigenvalue weighted by atomic mass is 10.1. The molecule has 2 aliphatic heterocycles. The summed E-state index contributed by atoms with van der Waals surface area (Å²) in [5.41, 5.74) is 1.88. The first-order valence-electron chi connectivity index (χ1n) is 9.82. The van der Waals surface area contributed by atoms with E-state index < -0.39 is 34.3 Å². The van der Waals surface area contributed by atoms with E-state index in [0.717, 1.165) is 5.56 Å². The number of carbonyl (C=O) groups excluding carboxylic acids is 2. The lowest BCUT2D eigenvalue weighted by Gasteiger charge is -2.36. The summed E-state index contributed by atoms with van der Waals surface area (Å²) in [4.78, 5) is 39.9. The fraction of sp³-hybridized carbons (Fsp3) is 0.200. The molecule has 2 atom stereocenters. The average molecular weight is 487 g/mol. The van der Waals surface area contributed by atoms with Crippen molar-refractivity contribution in [2.45, 2.75) is 28.8 Å². The van der Waals surface area contributed by atoms with E-state index in [1.807, 2.05) is 35.2 Å². The van der Waals surface area contributed by atoms with Gasteiger partial charge < -0.3 is 14.8 Å². The van der Waals surface area contributed by atoms with E-state index in [1.165, 1.54) is 34.9 Å². The van der Waals surface area contributed by atoms with Crippen LogP contribution in [0.5, 0.6) is 0 Å². The zero-order chi connectivity index (χ0) is 23.3. The summed E-state index contributed by atoms with van der Waals surface area (Å²) in [6.07, 6.45) is -0.687. The van der Waals surface area contributed by atoms with Crippen molar-refractivity contribution >= 4 is 50.0 Å². The second-order valence-electron chi connectivity index (χ2n) is 7.59. The number of rotatable bonds is 4. The first kappa shape index (κ1) is 21.4. The Labute approximate surface area is 192 Å². The second-order valence-corrected chi connectivity index (χ2v) is 9.96. The van der Waals surface area contributed by atoms with Crippen LogP contribution in [0.2, 0.25) is 0 Å². The quantitative estimate of drug-likeness (QED) is 0.472. The van der Waals surface area contributed by atoms with Crippen LogP contribution in [0, 0.1) is 0 Å². The van der Waals surface area contributed by atoms with Crippen LogP contribution in [0.1, 0.15) is 5.56 Å². The molecule has 3 amide bonds. The molecule has 13 heteroatoms. The topological polar surface area (TPSA) is 148 Å². The van der Waals surface area contributed by atoms with Gasteiger partial charge in [0.05, 0.1) is 15.9 Å². The van der Waals surface area contributed by atoms with E-state index in [4.69, 9.17) is 0 Å². The van der Waals surface area contributed by atoms with Gasteiger partial charge in [0.25, 0.3) is 16.0 Å². The molecular formula is C20H18N6O5S2. The minimum atomic E-state index is -4.35. The van der Waals surface area contributed by atoms with E-state index in [0.29, 0.717) is 27.9 Å². The number of amides is 3. The predicted octanol–water partition coefficient (Wildman–Crippen LogP) is 1.65. The summed E-state index contributed by atoms with van der Waals surface area (Å²) >= 11 is 1.17. The highest BCUT2D eigenvalue weighted by Crippen LogP contribution is 2.33. The predicted molar refractivity (Wildman–Crippen MR) is 120 cm³/mol. The maximum Gasteiger partial charge on any atom is 0.325 e. The van der Waals surface area contributed by atoms with Gasteiger partial charge >= 0.3 is 6.03 Å². The molecule has 170 valence electrons. The number of imide groups is 1. The molecule has 3 N–H and O–H groups in total. The summed E-state index contributed by atoms with van der Waals surface area (Å²) in [6, 6.07) is 12.4. The fourth-order valence-electron chi connectivity index (χ4n) is 3.79. The van der Waals surface area contributed by atoms with Crippen molar-refractivity contribution < 1.29 is 22.6 Å². The molecule has 0 aliphatic carbocycles. The van der Waals surface area contributed by atoms with Crippen LogP contribution in [0.3, 0.4) is 0 Å². The average Bonchev–Trinajstić information content (AvgIpc) is 3.33. The van der Waals surface area contributed by atoms with Crippen molar-refractivity contribution in [2.75, 3.05) is 7.05 Å². The number of aliphatic imine (C=N–C) groups is 1. The minimum absolute atomic E-state index is 0.248. The van der Waals surface area contributed by atoms with Gasteiger partial charge in [0.15, 0.2) is 22.5 Å². The molecule has 2 aliphatic rings. The number of likely N-dealkylation sites (N-methyl/N-ethyl adjacent to an activating group) is 1. The molecule has 2 aromatic carbocycles. The van der Waals surface area contributed by atoms with Crippen LogP contribution in [0.25, 0.3) is 11.0 Å². The zero-order valence-electron chi connectivity index (χ0n) is 17.2. The number of amidine groups is 1. The zero-order valence-corrected chi connectivity index (χ0v) is 18.8. The van der Waals surface area contributed by atoms with Gasteiger partial charge in [0, 0.05) is 13.6 Å². The van der Waals surface area contributed by atoms with Crippen LogP contribution in [-0.2, 0) is 21.5 Å². The Bertz CT molecular complexity index is 1400. The number of thioether (sulfide) groups is 1. The largest absolute Gasteiger partial charge is 0.332 e. The van der Waals surface area contributed by atoms with Crippen molar-refractivity contribution in [3.8, 4) is 0 Å². The molecule has 33 heavy (non-hydrogen) atoms. The minimum Gasteiger partial charge on any atom is -0.332 e. The standard InChI is InChI=1S/C20H18N6O5S2/c1-25-16-15(17(27)24-19(25)28)26(10-11-5-3-2-4-6-11)20(23-16)32-18-21-13-8-7-12(33(29,30)31)9-14(13)22-18/h2-9,15-16H,10H2,1H3,(H,21,22)(H,24,27,28)(H,29,30,31). The maximum absolute atomic E-state index is 12.7. The first-order chi connectivity index (χ1) is 15.7. The number of fused-ring (bicyclic) bond motifs is 2. The van der Waals surface area contributed by atoms with E-state index in [9.17, 15) is 22.6 Å². The molecule has 2 unspecified atom stereocenters. The summed E-state index contributed by atoms with van der Waals surface area (Å²) in [5.74, 6) is -0.430. The molecule has 5 rings (SSSR count). The molecule has 3 heterocycles. The highest BCUT2D eigenvalue weighted by molar-refractivity contribution is 8.13. The molecule has 1 aromatic heterocycles. The monoisotopic (exact) mass is 486 g/mol. The normalized spacial score (nSPS) is 20.7. The van der Waals surface area contributed by atoms with E-state index in [-0.39, 0.29) is 4.90 Å². The van der Waals surface area contributed by atoms with E-state index in [1.54, 1.807) is 7.05 Å². The lowest BCUT2D eigenvalue weighted by molar-refractivity contribution is -0.127. The number of aromatic nitrogens is 2. The molecule has 0 spiro atoms. The Kier molecular flexibility index (Phi) is 5.11. The van der Waals surface area contributed by atoms with Gasteiger partial charge in [-0.1, -0.05) is 30.3 Å². The molecule has 0 bridgehead atoms. The first-order valence-corrected chi connectivity index (χ1v) is 12.1. The second kappa shape index (κ2) is 7.86. The third-order valence-electron chi connectivity index (χ3n) is 5.44. The number of hydrogen-bond donors (Lipinski definition) is 3. The maximum atomic E-state index is 12.7. The molecule has 0 saturated carbocycles. The highest BCUT2D eigenvalue weighted by Gasteiger charge is 2.48. The Morgan fingerprint density at radius 2 is 1.91 bits per heavy atom. The van der Waals surface area contributed by atoms with Gasteiger partial charge in [0.2, 0.25) is 0 Å². The van der Waals surface area contributed by atoms with Crippen LogP contribution >= 0.6 is 11.8 Å². The van der Waals surface area contributed by atoms with Crippen LogP contribution < -0.4 is 5.32 Å². The molecule has 1 saturated heterocycles. The van der Waals surface area contributed by atoms with Crippen LogP contribution in [0.15, 0.2) is 63.6 Å². The molecule has 1 fully saturated rings. The number of carbonyl (C=O) groups is 2. The van der Waals surface area contributed by atoms with Crippen molar-refractivity contribution in [3.63, 3.8) is 0 Å². The number of imidazole rings is 1. The number of benzene rings is 2. The Morgan fingerprint density at radius 1 is 1.15 bits per heavy atom. The van der Waals surface area contributed by atoms with E-state index in [2.05, 4.69) is 20.3 Å². The van der Waals surface area contributed by atoms with Gasteiger partial charge in [-0.2, -0.15) is 8.42 Å². The summed E-state index contributed by atoms with van der Waals surface area (Å²) in [7, 11) is -2.77. The molecule has 3 aromatic rings. The Morgan fingerprint density at radius 3 is 2.64 bits per heavy atom. The van der Waals surface area contributed by atoms with Crippen LogP contribution in [0.4, 0.5) is 4.79 Å². The van der Waals surface area contributed by atoms with Crippen molar-refractivity contribution in [2.24, 2.45) is 4.99 Å². The van der Waals surface area contributed by atoms with Gasteiger partial charge in [-0.15, -0.1) is 0 Å². The number of nitrogens with zero attached hydrogens (tertiary/aromatic N) is 4. The Hall–Kier alpha value is -3.42. The molecule has 11 nitrogen and oxygen atoms in total. The third-order valence-corrected chi connectivity index (χ3v) is 7.19. The van der Waals surface area contributed by atoms with Crippen molar-refractivity contribution in [1.29, 1.82) is 0 Å². The summed E-state index contributed by atoms with van der Waals surface area (Å²) < 4.78 is 32.1. The molecule has 0 radical (unpaired) electrons. The smallest absolute Gasteiger partial charge is 0.325 e. The SMILES string of the molecule is CN1C(=O)NC(=O)C2C1N=C(Sc1nc3ccc(S(=O)(=O)O)cc3[nH]1)N2Cc1ccccc1. The number of hydrogen-bond acceptors (Lipinski definition) is 8. The number of urea groups is 1. The van der Waals surface area contributed by atoms with Gasteiger partial charge in [-0.3, -0.25) is 14.7 Å². The third kappa shape index (κ3) is 3.94. The number of nitrogens with one attached hydrogen (secondary N) is 2. The summed E-state index contributed by atoms with van der Waals surface area (Å²) in [5, 5.41) is 3.27. The van der Waals surface area contributed by atoms with Gasteiger partial charge in [-0.25, -0.2) is 14.8 Å². The number of aromatic amines is 1. The van der Waals surface area contributed by atoms with Crippen molar-refractivity contribution in [1.82, 2.24) is 25.1 Å². The lowest BCUT2D eigenvalue weighted by Crippen LogP contribution is -2.63. The van der Waals surface area contributed by atoms with E-state index >= 15 is 0 Å². The fourth-order valence-corrected chi connectivity index (χ4v) is 5.23. The molecular weight excluding hydrogens is 468 g/mol. The van der Waals surface area contributed by atoms with Crippen molar-refractivity contribution in [3.05, 3.63) is 54.1 Å². The summed E-state index contributed by atoms with van der Waals surface area (Å²) in [6.45, 7) is 0.385. The number of H-pyrrole nitrogens is 1. The van der Waals surface area contributed by atoms with Crippen LogP contribution in [-0.4, -0.2) is 69.1 Å². The van der Waals surface area contributed by atoms with Gasteiger partial charge in [0.1, 0.15) is 0 Å².